The minimum absolute atomic E-state index is 0.0973. The zero-order chi connectivity index (χ0) is 14.6. The number of rotatable bonds is 2. The van der Waals surface area contributed by atoms with Crippen molar-refractivity contribution in [3.8, 4) is 5.75 Å². The fraction of sp³-hybridized carbons (Fsp3) is 0.632. The van der Waals surface area contributed by atoms with Gasteiger partial charge < -0.3 is 5.11 Å². The number of Topliss-reactive ketones (excluding diaryl/α,β-unsaturated/α-hetero) is 1. The van der Waals surface area contributed by atoms with Gasteiger partial charge in [0, 0.05) is 16.5 Å². The summed E-state index contributed by atoms with van der Waals surface area (Å²) in [4.78, 5) is 11.7. The summed E-state index contributed by atoms with van der Waals surface area (Å²) < 4.78 is 0. The van der Waals surface area contributed by atoms with E-state index in [-0.39, 0.29) is 11.2 Å². The highest BCUT2D eigenvalue weighted by Crippen LogP contribution is 2.62. The van der Waals surface area contributed by atoms with E-state index in [4.69, 9.17) is 0 Å². The van der Waals surface area contributed by atoms with Gasteiger partial charge in [-0.2, -0.15) is 0 Å². The van der Waals surface area contributed by atoms with Crippen LogP contribution in [0.2, 0.25) is 0 Å². The summed E-state index contributed by atoms with van der Waals surface area (Å²) in [6.45, 7) is 1.62. The highest BCUT2D eigenvalue weighted by Gasteiger charge is 2.53. The van der Waals surface area contributed by atoms with Crippen LogP contribution in [-0.4, -0.2) is 10.9 Å². The third kappa shape index (κ3) is 1.95. The Bertz CT molecular complexity index is 591. The Labute approximate surface area is 126 Å². The van der Waals surface area contributed by atoms with E-state index >= 15 is 0 Å². The molecule has 0 spiro atoms. The number of carbonyl (C=O) groups excluding carboxylic acids is 1. The maximum atomic E-state index is 11.7. The number of hydrogen-bond acceptors (Lipinski definition) is 2. The molecule has 3 saturated carbocycles. The molecule has 1 aromatic rings. The van der Waals surface area contributed by atoms with E-state index in [2.05, 4.69) is 0 Å². The van der Waals surface area contributed by atoms with Crippen molar-refractivity contribution in [1.82, 2.24) is 0 Å². The first-order valence-corrected chi connectivity index (χ1v) is 8.43. The number of carbonyl (C=O) groups is 1. The molecule has 4 rings (SSSR count). The van der Waals surface area contributed by atoms with E-state index in [1.54, 1.807) is 19.1 Å². The van der Waals surface area contributed by atoms with Crippen molar-refractivity contribution < 1.29 is 9.90 Å². The van der Waals surface area contributed by atoms with E-state index in [0.717, 1.165) is 28.9 Å². The Morgan fingerprint density at radius 1 is 1.24 bits per heavy atom. The van der Waals surface area contributed by atoms with Gasteiger partial charge in [0.15, 0.2) is 5.78 Å². The van der Waals surface area contributed by atoms with Crippen LogP contribution >= 0.6 is 0 Å². The number of hydrogen-bond donors (Lipinski definition) is 1. The van der Waals surface area contributed by atoms with Crippen molar-refractivity contribution >= 4 is 5.78 Å². The molecule has 0 amide bonds. The first kappa shape index (κ1) is 13.4. The molecule has 0 radical (unpaired) electrons. The number of benzene rings is 1. The Hall–Kier alpha value is -1.31. The average Bonchev–Trinajstić information content (AvgIpc) is 2.62. The number of fused-ring (bicyclic) bond motifs is 2. The SMILES string of the molecule is CC(=O)c1ccc(O)c(C23CCCC4CC(CC2C4)C3)c1. The minimum atomic E-state index is 0.0973. The van der Waals surface area contributed by atoms with Gasteiger partial charge in [0.1, 0.15) is 5.75 Å². The Kier molecular flexibility index (Phi) is 2.92. The van der Waals surface area contributed by atoms with Crippen molar-refractivity contribution in [3.05, 3.63) is 29.3 Å². The molecule has 0 heterocycles. The summed E-state index contributed by atoms with van der Waals surface area (Å²) in [5.41, 5.74) is 1.97. The lowest BCUT2D eigenvalue weighted by molar-refractivity contribution is 0.101. The van der Waals surface area contributed by atoms with Gasteiger partial charge >= 0.3 is 0 Å². The van der Waals surface area contributed by atoms with Gasteiger partial charge in [0.2, 0.25) is 0 Å². The zero-order valence-electron chi connectivity index (χ0n) is 12.8. The van der Waals surface area contributed by atoms with E-state index in [0.29, 0.717) is 5.75 Å². The lowest BCUT2D eigenvalue weighted by atomic mass is 9.68. The molecule has 2 heteroatoms. The van der Waals surface area contributed by atoms with Crippen molar-refractivity contribution in [2.24, 2.45) is 17.8 Å². The highest BCUT2D eigenvalue weighted by atomic mass is 16.3. The topological polar surface area (TPSA) is 37.3 Å². The molecule has 0 aromatic heterocycles. The number of aromatic hydroxyl groups is 1. The van der Waals surface area contributed by atoms with Crippen LogP contribution in [0.15, 0.2) is 18.2 Å². The predicted molar refractivity (Wildman–Crippen MR) is 82.6 cm³/mol. The highest BCUT2D eigenvalue weighted by molar-refractivity contribution is 5.94. The maximum absolute atomic E-state index is 11.7. The van der Waals surface area contributed by atoms with Gasteiger partial charge in [-0.05, 0) is 75.0 Å². The molecule has 1 N–H and O–H groups in total. The molecule has 0 saturated heterocycles. The summed E-state index contributed by atoms with van der Waals surface area (Å²) in [5, 5.41) is 10.5. The fourth-order valence-electron chi connectivity index (χ4n) is 5.73. The van der Waals surface area contributed by atoms with Crippen LogP contribution < -0.4 is 0 Å². The van der Waals surface area contributed by atoms with Crippen molar-refractivity contribution in [1.29, 1.82) is 0 Å². The Balaban J connectivity index is 1.84. The van der Waals surface area contributed by atoms with Crippen LogP contribution in [-0.2, 0) is 5.41 Å². The van der Waals surface area contributed by atoms with Crippen LogP contribution in [0, 0.1) is 17.8 Å². The van der Waals surface area contributed by atoms with Gasteiger partial charge in [0.05, 0.1) is 0 Å². The molecule has 3 aliphatic rings. The largest absolute Gasteiger partial charge is 0.508 e. The first-order chi connectivity index (χ1) is 10.1. The summed E-state index contributed by atoms with van der Waals surface area (Å²) in [6, 6.07) is 5.50. The van der Waals surface area contributed by atoms with Gasteiger partial charge in [-0.15, -0.1) is 0 Å². The number of phenolic OH excluding ortho intramolecular Hbond substituents is 1. The van der Waals surface area contributed by atoms with Gasteiger partial charge in [-0.3, -0.25) is 4.79 Å². The quantitative estimate of drug-likeness (QED) is 0.814. The monoisotopic (exact) mass is 284 g/mol. The molecule has 4 unspecified atom stereocenters. The molecule has 1 aromatic carbocycles. The zero-order valence-corrected chi connectivity index (χ0v) is 12.8. The normalized spacial score (nSPS) is 37.5. The third-order valence-corrected chi connectivity index (χ3v) is 6.51. The fourth-order valence-corrected chi connectivity index (χ4v) is 5.73. The van der Waals surface area contributed by atoms with Gasteiger partial charge in [0.25, 0.3) is 0 Å². The average molecular weight is 284 g/mol. The number of phenols is 1. The molecule has 2 nitrogen and oxygen atoms in total. The lowest BCUT2D eigenvalue weighted by Gasteiger charge is -2.36. The van der Waals surface area contributed by atoms with Crippen LogP contribution in [0.5, 0.6) is 5.75 Å². The van der Waals surface area contributed by atoms with Crippen LogP contribution in [0.1, 0.15) is 67.8 Å². The minimum Gasteiger partial charge on any atom is -0.508 e. The van der Waals surface area contributed by atoms with E-state index in [1.165, 1.54) is 44.9 Å². The van der Waals surface area contributed by atoms with Crippen LogP contribution in [0.25, 0.3) is 0 Å². The molecule has 4 atom stereocenters. The smallest absolute Gasteiger partial charge is 0.159 e. The van der Waals surface area contributed by atoms with Gasteiger partial charge in [-0.1, -0.05) is 12.8 Å². The van der Waals surface area contributed by atoms with Crippen LogP contribution in [0.4, 0.5) is 0 Å². The lowest BCUT2D eigenvalue weighted by Crippen LogP contribution is -2.30. The summed E-state index contributed by atoms with van der Waals surface area (Å²) in [6.07, 6.45) is 9.12. The molecule has 3 bridgehead atoms. The molecule has 21 heavy (non-hydrogen) atoms. The summed E-state index contributed by atoms with van der Waals surface area (Å²) in [5.74, 6) is 2.98. The second kappa shape index (κ2) is 4.59. The molecule has 3 aliphatic carbocycles. The second-order valence-electron chi connectivity index (χ2n) is 7.68. The van der Waals surface area contributed by atoms with Gasteiger partial charge in [-0.25, -0.2) is 0 Å². The molecular formula is C19H24O2. The second-order valence-corrected chi connectivity index (χ2v) is 7.68. The maximum Gasteiger partial charge on any atom is 0.159 e. The Morgan fingerprint density at radius 2 is 2.05 bits per heavy atom. The van der Waals surface area contributed by atoms with E-state index in [9.17, 15) is 9.90 Å². The molecule has 112 valence electrons. The predicted octanol–water partition coefficient (Wildman–Crippen LogP) is 4.45. The summed E-state index contributed by atoms with van der Waals surface area (Å²) >= 11 is 0. The molecule has 3 fully saturated rings. The standard InChI is InChI=1S/C19H24O2/c1-12(20)15-4-5-18(21)17(10-15)19-6-2-3-13-7-14(11-19)9-16(19)8-13/h4-5,10,13-14,16,21H,2-3,6-9,11H2,1H3. The molecule has 0 aliphatic heterocycles. The Morgan fingerprint density at radius 3 is 2.86 bits per heavy atom. The molecular weight excluding hydrogens is 260 g/mol. The first-order valence-electron chi connectivity index (χ1n) is 8.43. The van der Waals surface area contributed by atoms with Crippen molar-refractivity contribution in [2.45, 2.75) is 57.3 Å². The van der Waals surface area contributed by atoms with E-state index in [1.807, 2.05) is 6.07 Å². The van der Waals surface area contributed by atoms with Crippen molar-refractivity contribution in [2.75, 3.05) is 0 Å². The summed E-state index contributed by atoms with van der Waals surface area (Å²) in [7, 11) is 0. The van der Waals surface area contributed by atoms with Crippen molar-refractivity contribution in [3.63, 3.8) is 0 Å². The van der Waals surface area contributed by atoms with Crippen LogP contribution in [0.3, 0.4) is 0 Å². The number of ketones is 1. The third-order valence-electron chi connectivity index (χ3n) is 6.51. The van der Waals surface area contributed by atoms with E-state index < -0.39 is 0 Å².